The molecule has 170 valence electrons. The van der Waals surface area contributed by atoms with Gasteiger partial charge in [-0.3, -0.25) is 9.36 Å². The smallest absolute Gasteiger partial charge is 0.236 e. The quantitative estimate of drug-likeness (QED) is 0.376. The number of anilines is 1. The van der Waals surface area contributed by atoms with Crippen molar-refractivity contribution < 1.29 is 13.9 Å². The van der Waals surface area contributed by atoms with E-state index in [9.17, 15) is 9.18 Å². The van der Waals surface area contributed by atoms with Gasteiger partial charge in [0.1, 0.15) is 5.82 Å². The molecule has 1 unspecified atom stereocenters. The number of aryl methyl sites for hydroxylation is 1. The summed E-state index contributed by atoms with van der Waals surface area (Å²) >= 11 is 2.77. The van der Waals surface area contributed by atoms with Gasteiger partial charge >= 0.3 is 0 Å². The first-order chi connectivity index (χ1) is 16.0. The van der Waals surface area contributed by atoms with Crippen molar-refractivity contribution in [1.82, 2.24) is 19.7 Å². The fourth-order valence-electron chi connectivity index (χ4n) is 3.74. The number of fused-ring (bicyclic) bond motifs is 1. The molecule has 1 saturated heterocycles. The van der Waals surface area contributed by atoms with Crippen LogP contribution in [0.4, 0.5) is 9.52 Å². The molecular weight excluding hydrogens is 461 g/mol. The van der Waals surface area contributed by atoms with Gasteiger partial charge in [0.2, 0.25) is 5.91 Å². The van der Waals surface area contributed by atoms with Crippen molar-refractivity contribution in [2.45, 2.75) is 37.6 Å². The summed E-state index contributed by atoms with van der Waals surface area (Å²) in [5, 5.41) is 12.7. The van der Waals surface area contributed by atoms with E-state index in [2.05, 4.69) is 26.6 Å². The third kappa shape index (κ3) is 5.07. The lowest BCUT2D eigenvalue weighted by molar-refractivity contribution is -0.113. The first kappa shape index (κ1) is 22.0. The highest BCUT2D eigenvalue weighted by Gasteiger charge is 2.22. The summed E-state index contributed by atoms with van der Waals surface area (Å²) in [6.07, 6.45) is 2.05. The van der Waals surface area contributed by atoms with Gasteiger partial charge in [-0.15, -0.1) is 10.2 Å². The van der Waals surface area contributed by atoms with Crippen LogP contribution in [0.2, 0.25) is 0 Å². The summed E-state index contributed by atoms with van der Waals surface area (Å²) in [5.41, 5.74) is 2.79. The summed E-state index contributed by atoms with van der Waals surface area (Å²) < 4.78 is 22.2. The maximum atomic E-state index is 13.4. The van der Waals surface area contributed by atoms with Crippen LogP contribution in [0.15, 0.2) is 47.6 Å². The van der Waals surface area contributed by atoms with Crippen molar-refractivity contribution >= 4 is 44.4 Å². The molecule has 1 aliphatic rings. The molecule has 33 heavy (non-hydrogen) atoms. The van der Waals surface area contributed by atoms with Gasteiger partial charge in [0.15, 0.2) is 16.1 Å². The van der Waals surface area contributed by atoms with Crippen molar-refractivity contribution in [2.75, 3.05) is 17.7 Å². The van der Waals surface area contributed by atoms with Gasteiger partial charge < -0.3 is 10.1 Å². The number of benzene rings is 2. The number of thioether (sulfide) groups is 1. The van der Waals surface area contributed by atoms with Crippen molar-refractivity contribution in [3.05, 3.63) is 53.8 Å². The average molecular weight is 484 g/mol. The molecule has 2 aromatic carbocycles. The van der Waals surface area contributed by atoms with Crippen LogP contribution in [0.5, 0.6) is 0 Å². The third-order valence-corrected chi connectivity index (χ3v) is 7.25. The summed E-state index contributed by atoms with van der Waals surface area (Å²) in [7, 11) is 0. The van der Waals surface area contributed by atoms with Crippen LogP contribution in [-0.2, 0) is 16.1 Å². The SMILES string of the molecule is Cc1ccc2nc(NC(=O)CSc3nnc(-c4ccc(F)cc4)n3CC3CCCO3)sc2c1. The lowest BCUT2D eigenvalue weighted by Gasteiger charge is -2.14. The van der Waals surface area contributed by atoms with Crippen LogP contribution in [-0.4, -0.2) is 44.1 Å². The van der Waals surface area contributed by atoms with Crippen molar-refractivity contribution in [1.29, 1.82) is 0 Å². The Labute approximate surface area is 198 Å². The number of halogens is 1. The molecule has 2 aromatic heterocycles. The Hall–Kier alpha value is -2.82. The minimum atomic E-state index is -0.305. The second kappa shape index (κ2) is 9.58. The molecule has 0 bridgehead atoms. The zero-order valence-corrected chi connectivity index (χ0v) is 19.6. The van der Waals surface area contributed by atoms with E-state index in [0.29, 0.717) is 22.7 Å². The first-order valence-electron chi connectivity index (χ1n) is 10.7. The fraction of sp³-hybridized carbons (Fsp3) is 0.304. The van der Waals surface area contributed by atoms with E-state index in [-0.39, 0.29) is 23.6 Å². The number of aromatic nitrogens is 4. The number of thiazole rings is 1. The van der Waals surface area contributed by atoms with Crippen LogP contribution >= 0.6 is 23.1 Å². The van der Waals surface area contributed by atoms with E-state index in [1.165, 1.54) is 35.2 Å². The lowest BCUT2D eigenvalue weighted by Crippen LogP contribution is -2.18. The van der Waals surface area contributed by atoms with Crippen LogP contribution < -0.4 is 5.32 Å². The minimum Gasteiger partial charge on any atom is -0.376 e. The average Bonchev–Trinajstić information content (AvgIpc) is 3.53. The van der Waals surface area contributed by atoms with Gasteiger partial charge in [0.25, 0.3) is 0 Å². The molecule has 1 amide bonds. The molecule has 1 N–H and O–H groups in total. The normalized spacial score (nSPS) is 15.9. The topological polar surface area (TPSA) is 81.9 Å². The Balaban J connectivity index is 1.31. The van der Waals surface area contributed by atoms with Crippen molar-refractivity contribution in [3.8, 4) is 11.4 Å². The summed E-state index contributed by atoms with van der Waals surface area (Å²) in [6.45, 7) is 3.35. The largest absolute Gasteiger partial charge is 0.376 e. The number of nitrogens with zero attached hydrogens (tertiary/aromatic N) is 4. The van der Waals surface area contributed by atoms with Crippen LogP contribution in [0.3, 0.4) is 0 Å². The van der Waals surface area contributed by atoms with Gasteiger partial charge in [-0.25, -0.2) is 9.37 Å². The summed E-state index contributed by atoms with van der Waals surface area (Å²) in [6, 6.07) is 12.2. The van der Waals surface area contributed by atoms with E-state index in [0.717, 1.165) is 40.8 Å². The highest BCUT2D eigenvalue weighted by atomic mass is 32.2. The Bertz CT molecular complexity index is 1280. The molecule has 4 aromatic rings. The van der Waals surface area contributed by atoms with E-state index in [1.54, 1.807) is 12.1 Å². The second-order valence-electron chi connectivity index (χ2n) is 7.89. The molecule has 0 spiro atoms. The highest BCUT2D eigenvalue weighted by Crippen LogP contribution is 2.29. The molecule has 0 aliphatic carbocycles. The monoisotopic (exact) mass is 483 g/mol. The minimum absolute atomic E-state index is 0.0691. The molecule has 10 heteroatoms. The summed E-state index contributed by atoms with van der Waals surface area (Å²) in [4.78, 5) is 17.1. The second-order valence-corrected chi connectivity index (χ2v) is 9.86. The van der Waals surface area contributed by atoms with E-state index >= 15 is 0 Å². The van der Waals surface area contributed by atoms with Gasteiger partial charge in [-0.2, -0.15) is 0 Å². The zero-order chi connectivity index (χ0) is 22.8. The van der Waals surface area contributed by atoms with Gasteiger partial charge in [-0.05, 0) is 61.7 Å². The molecule has 3 heterocycles. The van der Waals surface area contributed by atoms with Gasteiger partial charge in [0.05, 0.1) is 28.6 Å². The highest BCUT2D eigenvalue weighted by molar-refractivity contribution is 7.99. The molecule has 1 fully saturated rings. The standard InChI is InChI=1S/C23H22FN5O2S2/c1-14-4-9-18-19(11-14)33-22(25-18)26-20(30)13-32-23-28-27-21(15-5-7-16(24)8-6-15)29(23)12-17-3-2-10-31-17/h4-9,11,17H,2-3,10,12-13H2,1H3,(H,25,26,30). The molecule has 7 nitrogen and oxygen atoms in total. The van der Waals surface area contributed by atoms with E-state index < -0.39 is 0 Å². The lowest BCUT2D eigenvalue weighted by atomic mass is 10.2. The number of rotatable bonds is 7. The number of hydrogen-bond donors (Lipinski definition) is 1. The molecule has 1 aliphatic heterocycles. The maximum absolute atomic E-state index is 13.4. The van der Waals surface area contributed by atoms with Crippen LogP contribution in [0.25, 0.3) is 21.6 Å². The van der Waals surface area contributed by atoms with Crippen LogP contribution in [0, 0.1) is 12.7 Å². The fourth-order valence-corrected chi connectivity index (χ4v) is 5.46. The number of amides is 1. The molecule has 5 rings (SSSR count). The number of carbonyl (C=O) groups excluding carboxylic acids is 1. The van der Waals surface area contributed by atoms with Gasteiger partial charge in [-0.1, -0.05) is 29.2 Å². The number of hydrogen-bond acceptors (Lipinski definition) is 7. The Kier molecular flexibility index (Phi) is 6.39. The Morgan fingerprint density at radius 1 is 1.27 bits per heavy atom. The first-order valence-corrected chi connectivity index (χ1v) is 12.5. The van der Waals surface area contributed by atoms with Crippen molar-refractivity contribution in [2.24, 2.45) is 0 Å². The predicted molar refractivity (Wildman–Crippen MR) is 128 cm³/mol. The molecule has 0 saturated carbocycles. The van der Waals surface area contributed by atoms with Crippen molar-refractivity contribution in [3.63, 3.8) is 0 Å². The third-order valence-electron chi connectivity index (χ3n) is 5.35. The maximum Gasteiger partial charge on any atom is 0.236 e. The van der Waals surface area contributed by atoms with Gasteiger partial charge in [0, 0.05) is 12.2 Å². The number of carbonyl (C=O) groups is 1. The molecule has 1 atom stereocenters. The Morgan fingerprint density at radius 2 is 2.12 bits per heavy atom. The summed E-state index contributed by atoms with van der Waals surface area (Å²) in [5.74, 6) is 0.336. The molecular formula is C23H22FN5O2S2. The van der Waals surface area contributed by atoms with E-state index in [4.69, 9.17) is 4.74 Å². The predicted octanol–water partition coefficient (Wildman–Crippen LogP) is 4.91. The van der Waals surface area contributed by atoms with Crippen LogP contribution in [0.1, 0.15) is 18.4 Å². The Morgan fingerprint density at radius 3 is 2.91 bits per heavy atom. The van der Waals surface area contributed by atoms with E-state index in [1.807, 2.05) is 23.6 Å². The molecule has 0 radical (unpaired) electrons. The number of ether oxygens (including phenoxy) is 1. The zero-order valence-electron chi connectivity index (χ0n) is 18.0. The number of nitrogens with one attached hydrogen (secondary N) is 1.